The summed E-state index contributed by atoms with van der Waals surface area (Å²) < 4.78 is 13.0. The van der Waals surface area contributed by atoms with E-state index in [2.05, 4.69) is 15.3 Å². The summed E-state index contributed by atoms with van der Waals surface area (Å²) in [5, 5.41) is 2.76. The maximum Gasteiger partial charge on any atom is 0.352 e. The summed E-state index contributed by atoms with van der Waals surface area (Å²) in [7, 11) is 3.03. The van der Waals surface area contributed by atoms with E-state index in [0.29, 0.717) is 17.2 Å². The lowest BCUT2D eigenvalue weighted by molar-refractivity contribution is -0.116. The lowest BCUT2D eigenvalue weighted by Gasteiger charge is -2.15. The molecule has 0 bridgehead atoms. The van der Waals surface area contributed by atoms with Gasteiger partial charge in [0.1, 0.15) is 6.54 Å². The molecular formula is C23H21N5O5. The number of rotatable bonds is 7. The Hall–Kier alpha value is -4.47. The Morgan fingerprint density at radius 1 is 1.03 bits per heavy atom. The average Bonchev–Trinajstić information content (AvgIpc) is 2.83. The molecule has 0 aliphatic carbocycles. The van der Waals surface area contributed by atoms with Crippen LogP contribution in [0.25, 0.3) is 11.4 Å². The third-order valence-electron chi connectivity index (χ3n) is 5.02. The van der Waals surface area contributed by atoms with Crippen LogP contribution < -0.4 is 26.0 Å². The van der Waals surface area contributed by atoms with Crippen molar-refractivity contribution in [2.75, 3.05) is 19.5 Å². The number of carbonyl (C=O) groups excluding carboxylic acids is 1. The van der Waals surface area contributed by atoms with E-state index < -0.39 is 11.2 Å². The predicted octanol–water partition coefficient (Wildman–Crippen LogP) is 1.61. The van der Waals surface area contributed by atoms with Crippen molar-refractivity contribution < 1.29 is 14.3 Å². The molecule has 0 saturated carbocycles. The highest BCUT2D eigenvalue weighted by molar-refractivity contribution is 5.91. The summed E-state index contributed by atoms with van der Waals surface area (Å²) in [6.45, 7) is -0.0657. The molecule has 1 aromatic carbocycles. The Kier molecular flexibility index (Phi) is 6.16. The number of ether oxygens (including phenoxy) is 2. The maximum atomic E-state index is 13.0. The normalized spacial score (nSPS) is 10.7. The van der Waals surface area contributed by atoms with Crippen molar-refractivity contribution in [2.24, 2.45) is 0 Å². The number of pyridine rings is 2. The molecule has 10 heteroatoms. The van der Waals surface area contributed by atoms with Crippen molar-refractivity contribution in [3.63, 3.8) is 0 Å². The van der Waals surface area contributed by atoms with Crippen LogP contribution in [-0.2, 0) is 17.9 Å². The zero-order chi connectivity index (χ0) is 23.4. The lowest BCUT2D eigenvalue weighted by atomic mass is 10.2. The SMILES string of the molecule is COc1ccc(NC(=O)Cn2cccc3c(=O)n(Cc4ccncc4)c(=O)nc2-3)cc1OC. The number of nitrogens with zero attached hydrogens (tertiary/aromatic N) is 4. The van der Waals surface area contributed by atoms with Gasteiger partial charge in [-0.15, -0.1) is 0 Å². The van der Waals surface area contributed by atoms with Crippen molar-refractivity contribution in [3.05, 3.63) is 87.5 Å². The largest absolute Gasteiger partial charge is 0.493 e. The van der Waals surface area contributed by atoms with E-state index in [1.165, 1.54) is 18.8 Å². The number of aromatic nitrogens is 4. The number of hydrogen-bond donors (Lipinski definition) is 1. The van der Waals surface area contributed by atoms with Crippen LogP contribution >= 0.6 is 0 Å². The van der Waals surface area contributed by atoms with Crippen LogP contribution in [0.1, 0.15) is 5.56 Å². The fourth-order valence-corrected chi connectivity index (χ4v) is 3.42. The van der Waals surface area contributed by atoms with Gasteiger partial charge in [0, 0.05) is 30.3 Å². The highest BCUT2D eigenvalue weighted by Gasteiger charge is 2.18. The zero-order valence-electron chi connectivity index (χ0n) is 18.0. The maximum absolute atomic E-state index is 13.0. The third-order valence-corrected chi connectivity index (χ3v) is 5.02. The highest BCUT2D eigenvalue weighted by Crippen LogP contribution is 2.29. The second-order valence-electron chi connectivity index (χ2n) is 7.13. The predicted molar refractivity (Wildman–Crippen MR) is 121 cm³/mol. The molecule has 0 spiro atoms. The average molecular weight is 447 g/mol. The molecule has 0 radical (unpaired) electrons. The topological polar surface area (TPSA) is 117 Å². The summed E-state index contributed by atoms with van der Waals surface area (Å²) in [6, 6.07) is 11.6. The van der Waals surface area contributed by atoms with E-state index in [0.717, 1.165) is 10.1 Å². The molecule has 0 atom stereocenters. The molecule has 1 amide bonds. The summed E-state index contributed by atoms with van der Waals surface area (Å²) in [6.07, 6.45) is 4.77. The molecule has 2 aliphatic rings. The Bertz CT molecular complexity index is 1380. The second-order valence-corrected chi connectivity index (χ2v) is 7.13. The van der Waals surface area contributed by atoms with E-state index in [4.69, 9.17) is 9.47 Å². The fraction of sp³-hybridized carbons (Fsp3) is 0.174. The smallest absolute Gasteiger partial charge is 0.352 e. The molecule has 4 rings (SSSR count). The van der Waals surface area contributed by atoms with Gasteiger partial charge in [0.15, 0.2) is 17.3 Å². The summed E-state index contributed by atoms with van der Waals surface area (Å²) in [4.78, 5) is 46.3. The van der Waals surface area contributed by atoms with Gasteiger partial charge in [-0.3, -0.25) is 19.1 Å². The first-order valence-electron chi connectivity index (χ1n) is 10.0. The number of nitrogens with one attached hydrogen (secondary N) is 1. The Morgan fingerprint density at radius 3 is 2.52 bits per heavy atom. The van der Waals surface area contributed by atoms with Gasteiger partial charge in [-0.1, -0.05) is 0 Å². The molecule has 0 unspecified atom stereocenters. The Morgan fingerprint density at radius 2 is 1.79 bits per heavy atom. The summed E-state index contributed by atoms with van der Waals surface area (Å²) in [5.41, 5.74) is 0.338. The number of methoxy groups -OCH3 is 2. The van der Waals surface area contributed by atoms with Gasteiger partial charge < -0.3 is 19.4 Å². The summed E-state index contributed by atoms with van der Waals surface area (Å²) >= 11 is 0. The highest BCUT2D eigenvalue weighted by atomic mass is 16.5. The molecule has 168 valence electrons. The van der Waals surface area contributed by atoms with Crippen molar-refractivity contribution in [1.82, 2.24) is 19.1 Å². The minimum absolute atomic E-state index is 0.0812. The monoisotopic (exact) mass is 447 g/mol. The van der Waals surface area contributed by atoms with Gasteiger partial charge in [0.2, 0.25) is 5.91 Å². The van der Waals surface area contributed by atoms with E-state index in [1.807, 2.05) is 0 Å². The first-order valence-corrected chi connectivity index (χ1v) is 10.0. The quantitative estimate of drug-likeness (QED) is 0.457. The molecule has 0 saturated heterocycles. The molecule has 0 fully saturated rings. The summed E-state index contributed by atoms with van der Waals surface area (Å²) in [5.74, 6) is 0.783. The lowest BCUT2D eigenvalue weighted by Crippen LogP contribution is -2.38. The second kappa shape index (κ2) is 9.35. The minimum Gasteiger partial charge on any atom is -0.493 e. The molecule has 33 heavy (non-hydrogen) atoms. The van der Waals surface area contributed by atoms with Gasteiger partial charge in [-0.05, 0) is 42.0 Å². The zero-order valence-corrected chi connectivity index (χ0v) is 18.0. The van der Waals surface area contributed by atoms with Gasteiger partial charge in [0.25, 0.3) is 5.56 Å². The number of anilines is 1. The van der Waals surface area contributed by atoms with Crippen LogP contribution in [0.15, 0.2) is 70.6 Å². The molecule has 3 heterocycles. The molecular weight excluding hydrogens is 426 g/mol. The van der Waals surface area contributed by atoms with E-state index in [-0.39, 0.29) is 30.4 Å². The number of fused-ring (bicyclic) bond motifs is 1. The van der Waals surface area contributed by atoms with Gasteiger partial charge in [-0.25, -0.2) is 4.79 Å². The van der Waals surface area contributed by atoms with Crippen LogP contribution in [0, 0.1) is 0 Å². The van der Waals surface area contributed by atoms with Crippen molar-refractivity contribution in [2.45, 2.75) is 13.1 Å². The van der Waals surface area contributed by atoms with E-state index in [1.54, 1.807) is 61.1 Å². The number of amides is 1. The number of hydrogen-bond acceptors (Lipinski definition) is 7. The standard InChI is InChI=1S/C23H21N5O5/c1-32-18-6-5-16(12-19(18)33-2)25-20(29)14-27-11-3-4-17-21(27)26-23(31)28(22(17)30)13-15-7-9-24-10-8-15/h3-12H,13-14H2,1-2H3,(H,25,29). The van der Waals surface area contributed by atoms with Crippen LogP contribution in [-0.4, -0.2) is 39.2 Å². The molecule has 1 aromatic heterocycles. The first-order chi connectivity index (χ1) is 16.0. The Balaban J connectivity index is 1.60. The first kappa shape index (κ1) is 21.8. The van der Waals surface area contributed by atoms with E-state index >= 15 is 0 Å². The van der Waals surface area contributed by atoms with Crippen molar-refractivity contribution in [3.8, 4) is 22.9 Å². The van der Waals surface area contributed by atoms with Crippen LogP contribution in [0.5, 0.6) is 11.5 Å². The van der Waals surface area contributed by atoms with Gasteiger partial charge in [-0.2, -0.15) is 4.98 Å². The van der Waals surface area contributed by atoms with E-state index in [9.17, 15) is 14.4 Å². The fourth-order valence-electron chi connectivity index (χ4n) is 3.42. The molecule has 2 aromatic rings. The third kappa shape index (κ3) is 4.59. The minimum atomic E-state index is -0.690. The van der Waals surface area contributed by atoms with Gasteiger partial charge in [0.05, 0.1) is 26.3 Å². The molecule has 10 nitrogen and oxygen atoms in total. The van der Waals surface area contributed by atoms with Gasteiger partial charge >= 0.3 is 5.69 Å². The van der Waals surface area contributed by atoms with Crippen LogP contribution in [0.2, 0.25) is 0 Å². The number of carbonyl (C=O) groups is 1. The number of benzene rings is 1. The Labute approximate surface area is 188 Å². The van der Waals surface area contributed by atoms with Crippen molar-refractivity contribution in [1.29, 1.82) is 0 Å². The molecule has 1 N–H and O–H groups in total. The van der Waals surface area contributed by atoms with Crippen LogP contribution in [0.4, 0.5) is 5.69 Å². The molecule has 2 aliphatic heterocycles. The van der Waals surface area contributed by atoms with Crippen molar-refractivity contribution >= 4 is 11.6 Å². The van der Waals surface area contributed by atoms with Crippen LogP contribution in [0.3, 0.4) is 0 Å².